The lowest BCUT2D eigenvalue weighted by atomic mass is 10.1. The van der Waals surface area contributed by atoms with Gasteiger partial charge >= 0.3 is 5.91 Å². The third kappa shape index (κ3) is 4.78. The second kappa shape index (κ2) is 8.97. The standard InChI is InChI=1S/C24H19BrN2O3/c1-16-5-4-6-18(11-16)15-29-22-10-9-17(12-20(22)25)14-26-27-24(28)23-13-19-7-2-3-8-21(19)30-23/h2-14H,15H2,1H3,(H,27,28)/b26-14+. The Hall–Kier alpha value is -3.38. The number of hydrogen-bond acceptors (Lipinski definition) is 4. The molecule has 0 unspecified atom stereocenters. The van der Waals surface area contributed by atoms with Gasteiger partial charge in [-0.25, -0.2) is 5.43 Å². The predicted octanol–water partition coefficient (Wildman–Crippen LogP) is 5.85. The van der Waals surface area contributed by atoms with Crippen molar-refractivity contribution in [1.82, 2.24) is 5.43 Å². The fourth-order valence-electron chi connectivity index (χ4n) is 2.99. The lowest BCUT2D eigenvalue weighted by molar-refractivity contribution is 0.0929. The van der Waals surface area contributed by atoms with Gasteiger partial charge in [0.15, 0.2) is 5.76 Å². The van der Waals surface area contributed by atoms with Crippen LogP contribution >= 0.6 is 15.9 Å². The number of halogens is 1. The number of fused-ring (bicyclic) bond motifs is 1. The largest absolute Gasteiger partial charge is 0.488 e. The molecular weight excluding hydrogens is 444 g/mol. The number of carbonyl (C=O) groups excluding carboxylic acids is 1. The Labute approximate surface area is 182 Å². The normalized spacial score (nSPS) is 11.1. The molecule has 5 nitrogen and oxygen atoms in total. The van der Waals surface area contributed by atoms with Gasteiger partial charge in [0.25, 0.3) is 0 Å². The van der Waals surface area contributed by atoms with Crippen LogP contribution in [0.25, 0.3) is 11.0 Å². The number of rotatable bonds is 6. The van der Waals surface area contributed by atoms with Crippen molar-refractivity contribution in [2.24, 2.45) is 5.10 Å². The van der Waals surface area contributed by atoms with E-state index in [0.29, 0.717) is 12.2 Å². The first-order valence-electron chi connectivity index (χ1n) is 9.38. The molecule has 0 aliphatic rings. The van der Waals surface area contributed by atoms with Crippen molar-refractivity contribution in [2.45, 2.75) is 13.5 Å². The minimum atomic E-state index is -0.403. The van der Waals surface area contributed by atoms with Gasteiger partial charge in [0.2, 0.25) is 0 Å². The average Bonchev–Trinajstić information content (AvgIpc) is 3.18. The van der Waals surface area contributed by atoms with Crippen molar-refractivity contribution in [2.75, 3.05) is 0 Å². The third-order valence-corrected chi connectivity index (χ3v) is 5.08. The van der Waals surface area contributed by atoms with Crippen molar-refractivity contribution < 1.29 is 13.9 Å². The number of nitrogens with one attached hydrogen (secondary N) is 1. The van der Waals surface area contributed by atoms with Gasteiger partial charge in [-0.05, 0) is 64.3 Å². The van der Waals surface area contributed by atoms with Crippen molar-refractivity contribution in [1.29, 1.82) is 0 Å². The maximum atomic E-state index is 12.2. The van der Waals surface area contributed by atoms with Gasteiger partial charge in [-0.1, -0.05) is 48.0 Å². The molecule has 1 amide bonds. The maximum Gasteiger partial charge on any atom is 0.307 e. The van der Waals surface area contributed by atoms with Gasteiger partial charge < -0.3 is 9.15 Å². The van der Waals surface area contributed by atoms with Crippen LogP contribution in [0.3, 0.4) is 0 Å². The number of benzene rings is 3. The van der Waals surface area contributed by atoms with Gasteiger partial charge in [-0.2, -0.15) is 5.10 Å². The molecule has 4 rings (SSSR count). The van der Waals surface area contributed by atoms with E-state index in [2.05, 4.69) is 45.5 Å². The number of hydrogen-bond donors (Lipinski definition) is 1. The molecule has 150 valence electrons. The zero-order chi connectivity index (χ0) is 20.9. The predicted molar refractivity (Wildman–Crippen MR) is 121 cm³/mol. The second-order valence-corrected chi connectivity index (χ2v) is 7.67. The van der Waals surface area contributed by atoms with Crippen LogP contribution in [0.4, 0.5) is 0 Å². The van der Waals surface area contributed by atoms with Crippen molar-refractivity contribution in [3.05, 3.63) is 99.7 Å². The molecule has 0 saturated carbocycles. The van der Waals surface area contributed by atoms with Crippen LogP contribution < -0.4 is 10.2 Å². The van der Waals surface area contributed by atoms with Crippen LogP contribution in [-0.4, -0.2) is 12.1 Å². The number of amides is 1. The summed E-state index contributed by atoms with van der Waals surface area (Å²) in [5.41, 5.74) is 6.28. The van der Waals surface area contributed by atoms with Crippen LogP contribution in [0.15, 0.2) is 86.8 Å². The summed E-state index contributed by atoms with van der Waals surface area (Å²) in [7, 11) is 0. The van der Waals surface area contributed by atoms with Crippen LogP contribution in [0.1, 0.15) is 27.2 Å². The summed E-state index contributed by atoms with van der Waals surface area (Å²) in [4.78, 5) is 12.2. The molecule has 6 heteroatoms. The molecule has 0 fully saturated rings. The quantitative estimate of drug-likeness (QED) is 0.288. The zero-order valence-corrected chi connectivity index (χ0v) is 17.8. The van der Waals surface area contributed by atoms with Crippen molar-refractivity contribution in [3.63, 3.8) is 0 Å². The first-order valence-corrected chi connectivity index (χ1v) is 10.2. The minimum Gasteiger partial charge on any atom is -0.488 e. The highest BCUT2D eigenvalue weighted by Gasteiger charge is 2.11. The van der Waals surface area contributed by atoms with E-state index >= 15 is 0 Å². The topological polar surface area (TPSA) is 63.8 Å². The highest BCUT2D eigenvalue weighted by atomic mass is 79.9. The molecule has 3 aromatic carbocycles. The molecule has 1 heterocycles. The Bertz CT molecular complexity index is 1200. The van der Waals surface area contributed by atoms with E-state index in [0.717, 1.165) is 26.7 Å². The fourth-order valence-corrected chi connectivity index (χ4v) is 3.50. The molecule has 0 spiro atoms. The van der Waals surface area contributed by atoms with E-state index in [1.165, 1.54) is 5.56 Å². The monoisotopic (exact) mass is 462 g/mol. The summed E-state index contributed by atoms with van der Waals surface area (Å²) < 4.78 is 12.2. The van der Waals surface area contributed by atoms with Crippen LogP contribution in [0, 0.1) is 6.92 Å². The lowest BCUT2D eigenvalue weighted by Crippen LogP contribution is -2.16. The molecule has 0 bridgehead atoms. The van der Waals surface area contributed by atoms with Gasteiger partial charge in [0.05, 0.1) is 10.7 Å². The Morgan fingerprint density at radius 1 is 1.10 bits per heavy atom. The molecule has 4 aromatic rings. The molecule has 0 saturated heterocycles. The summed E-state index contributed by atoms with van der Waals surface area (Å²) in [5, 5.41) is 4.89. The van der Waals surface area contributed by atoms with Gasteiger partial charge in [0, 0.05) is 5.39 Å². The van der Waals surface area contributed by atoms with E-state index in [1.807, 2.05) is 54.6 Å². The third-order valence-electron chi connectivity index (χ3n) is 4.46. The van der Waals surface area contributed by atoms with E-state index in [-0.39, 0.29) is 5.76 Å². The van der Waals surface area contributed by atoms with Gasteiger partial charge in [0.1, 0.15) is 17.9 Å². The summed E-state index contributed by atoms with van der Waals surface area (Å²) >= 11 is 3.52. The molecule has 1 N–H and O–H groups in total. The first kappa shape index (κ1) is 19.9. The number of carbonyl (C=O) groups is 1. The van der Waals surface area contributed by atoms with Crippen molar-refractivity contribution in [3.8, 4) is 5.75 Å². The van der Waals surface area contributed by atoms with E-state index < -0.39 is 5.91 Å². The summed E-state index contributed by atoms with van der Waals surface area (Å²) in [6, 6.07) is 23.0. The van der Waals surface area contributed by atoms with Crippen LogP contribution in [0.2, 0.25) is 0 Å². The van der Waals surface area contributed by atoms with E-state index in [4.69, 9.17) is 9.15 Å². The average molecular weight is 463 g/mol. The number of aryl methyl sites for hydroxylation is 1. The van der Waals surface area contributed by atoms with E-state index in [9.17, 15) is 4.79 Å². The molecular formula is C24H19BrN2O3. The second-order valence-electron chi connectivity index (χ2n) is 6.82. The molecule has 1 aromatic heterocycles. The number of nitrogens with zero attached hydrogens (tertiary/aromatic N) is 1. The zero-order valence-electron chi connectivity index (χ0n) is 16.3. The Morgan fingerprint density at radius 3 is 2.77 bits per heavy atom. The smallest absolute Gasteiger partial charge is 0.307 e. The highest BCUT2D eigenvalue weighted by Crippen LogP contribution is 2.26. The molecule has 0 radical (unpaired) electrons. The van der Waals surface area contributed by atoms with Gasteiger partial charge in [-0.3, -0.25) is 4.79 Å². The summed E-state index contributed by atoms with van der Waals surface area (Å²) in [6.45, 7) is 2.54. The SMILES string of the molecule is Cc1cccc(COc2ccc(/C=N/NC(=O)c3cc4ccccc4o3)cc2Br)c1. The Kier molecular flexibility index (Phi) is 5.95. The molecule has 0 aliphatic carbocycles. The number of furan rings is 1. The highest BCUT2D eigenvalue weighted by molar-refractivity contribution is 9.10. The number of hydrazone groups is 1. The minimum absolute atomic E-state index is 0.217. The number of ether oxygens (including phenoxy) is 1. The van der Waals surface area contributed by atoms with Gasteiger partial charge in [-0.15, -0.1) is 0 Å². The Morgan fingerprint density at radius 2 is 1.97 bits per heavy atom. The molecule has 0 atom stereocenters. The maximum absolute atomic E-state index is 12.2. The summed E-state index contributed by atoms with van der Waals surface area (Å²) in [5.74, 6) is 0.550. The van der Waals surface area contributed by atoms with Crippen LogP contribution in [-0.2, 0) is 6.61 Å². The van der Waals surface area contributed by atoms with Crippen LogP contribution in [0.5, 0.6) is 5.75 Å². The molecule has 30 heavy (non-hydrogen) atoms. The van der Waals surface area contributed by atoms with Crippen molar-refractivity contribution >= 4 is 39.0 Å². The van der Waals surface area contributed by atoms with E-state index in [1.54, 1.807) is 12.3 Å². The Balaban J connectivity index is 1.36. The molecule has 0 aliphatic heterocycles. The fraction of sp³-hybridized carbons (Fsp3) is 0.0833. The first-order chi connectivity index (χ1) is 14.6. The lowest BCUT2D eigenvalue weighted by Gasteiger charge is -2.09. The number of para-hydroxylation sites is 1. The summed E-state index contributed by atoms with van der Waals surface area (Å²) in [6.07, 6.45) is 1.57.